The highest BCUT2D eigenvalue weighted by atomic mass is 35.5. The fourth-order valence-corrected chi connectivity index (χ4v) is 2.43. The number of tetrazole rings is 1. The van der Waals surface area contributed by atoms with Crippen LogP contribution >= 0.6 is 11.6 Å². The fourth-order valence-electron chi connectivity index (χ4n) is 2.24. The molecule has 0 saturated carbocycles. The van der Waals surface area contributed by atoms with Gasteiger partial charge in [0.2, 0.25) is 5.95 Å². The van der Waals surface area contributed by atoms with Crippen LogP contribution in [0.2, 0.25) is 5.02 Å². The van der Waals surface area contributed by atoms with Gasteiger partial charge in [0.1, 0.15) is 12.4 Å². The predicted octanol–water partition coefficient (Wildman–Crippen LogP) is 3.70. The number of rotatable bonds is 8. The quantitative estimate of drug-likeness (QED) is 0.624. The average Bonchev–Trinajstić information content (AvgIpc) is 3.08. The minimum absolute atomic E-state index is 0.438. The summed E-state index contributed by atoms with van der Waals surface area (Å²) in [5.74, 6) is 1.40. The van der Waals surface area contributed by atoms with Gasteiger partial charge in [0.15, 0.2) is 0 Å². The SMILES string of the molecule is C=CCn1nnnc1NCc1ccc(OCc2ccccc2Cl)cc1. The van der Waals surface area contributed by atoms with Crippen LogP contribution in [0.25, 0.3) is 0 Å². The van der Waals surface area contributed by atoms with Crippen molar-refractivity contribution < 1.29 is 4.74 Å². The number of anilines is 1. The molecule has 3 aromatic rings. The highest BCUT2D eigenvalue weighted by Crippen LogP contribution is 2.19. The lowest BCUT2D eigenvalue weighted by molar-refractivity contribution is 0.306. The van der Waals surface area contributed by atoms with Gasteiger partial charge in [-0.15, -0.1) is 6.58 Å². The molecule has 1 heterocycles. The molecule has 0 aliphatic carbocycles. The van der Waals surface area contributed by atoms with Crippen LogP contribution in [0, 0.1) is 0 Å². The van der Waals surface area contributed by atoms with Crippen LogP contribution in [-0.4, -0.2) is 20.2 Å². The van der Waals surface area contributed by atoms with E-state index in [4.69, 9.17) is 16.3 Å². The largest absolute Gasteiger partial charge is 0.489 e. The number of hydrogen-bond acceptors (Lipinski definition) is 5. The van der Waals surface area contributed by atoms with Crippen molar-refractivity contribution in [3.8, 4) is 5.75 Å². The van der Waals surface area contributed by atoms with Crippen molar-refractivity contribution in [2.75, 3.05) is 5.32 Å². The van der Waals surface area contributed by atoms with E-state index in [1.807, 2.05) is 48.5 Å². The molecule has 1 aromatic heterocycles. The number of nitrogens with one attached hydrogen (secondary N) is 1. The van der Waals surface area contributed by atoms with Gasteiger partial charge < -0.3 is 10.1 Å². The Balaban J connectivity index is 1.54. The molecule has 0 fully saturated rings. The van der Waals surface area contributed by atoms with E-state index in [0.29, 0.717) is 30.7 Å². The smallest absolute Gasteiger partial charge is 0.243 e. The molecule has 1 N–H and O–H groups in total. The summed E-state index contributed by atoms with van der Waals surface area (Å²) in [6.45, 7) is 5.29. The van der Waals surface area contributed by atoms with Gasteiger partial charge in [0.25, 0.3) is 0 Å². The van der Waals surface area contributed by atoms with Gasteiger partial charge in [-0.2, -0.15) is 0 Å². The number of hydrogen-bond donors (Lipinski definition) is 1. The van der Waals surface area contributed by atoms with Gasteiger partial charge in [0, 0.05) is 17.1 Å². The molecule has 0 amide bonds. The first-order chi connectivity index (χ1) is 12.3. The van der Waals surface area contributed by atoms with E-state index in [2.05, 4.69) is 27.4 Å². The Morgan fingerprint density at radius 3 is 2.72 bits per heavy atom. The van der Waals surface area contributed by atoms with Gasteiger partial charge in [-0.3, -0.25) is 0 Å². The summed E-state index contributed by atoms with van der Waals surface area (Å²) in [7, 11) is 0. The highest BCUT2D eigenvalue weighted by molar-refractivity contribution is 6.31. The molecular formula is C18H18ClN5O. The number of ether oxygens (including phenoxy) is 1. The minimum Gasteiger partial charge on any atom is -0.489 e. The zero-order valence-corrected chi connectivity index (χ0v) is 14.4. The lowest BCUT2D eigenvalue weighted by Crippen LogP contribution is -2.08. The van der Waals surface area contributed by atoms with E-state index >= 15 is 0 Å². The van der Waals surface area contributed by atoms with Crippen LogP contribution in [0.5, 0.6) is 5.75 Å². The third-order valence-electron chi connectivity index (χ3n) is 3.56. The first-order valence-corrected chi connectivity index (χ1v) is 8.20. The molecule has 7 heteroatoms. The summed E-state index contributed by atoms with van der Waals surface area (Å²) in [6.07, 6.45) is 1.74. The maximum atomic E-state index is 6.13. The lowest BCUT2D eigenvalue weighted by atomic mass is 10.2. The molecule has 2 aromatic carbocycles. The molecule has 0 unspecified atom stereocenters. The van der Waals surface area contributed by atoms with Crippen molar-refractivity contribution in [1.29, 1.82) is 0 Å². The van der Waals surface area contributed by atoms with Gasteiger partial charge in [-0.25, -0.2) is 4.68 Å². The second-order valence-electron chi connectivity index (χ2n) is 5.35. The molecule has 0 saturated heterocycles. The Labute approximate surface area is 151 Å². The second-order valence-corrected chi connectivity index (χ2v) is 5.76. The van der Waals surface area contributed by atoms with Gasteiger partial charge in [-0.1, -0.05) is 53.1 Å². The first-order valence-electron chi connectivity index (χ1n) is 7.82. The lowest BCUT2D eigenvalue weighted by Gasteiger charge is -2.09. The predicted molar refractivity (Wildman–Crippen MR) is 97.6 cm³/mol. The average molecular weight is 356 g/mol. The summed E-state index contributed by atoms with van der Waals surface area (Å²) in [6, 6.07) is 15.5. The molecular weight excluding hydrogens is 338 g/mol. The number of halogens is 1. The second kappa shape index (κ2) is 8.30. The van der Waals surface area contributed by atoms with Crippen molar-refractivity contribution in [1.82, 2.24) is 20.2 Å². The molecule has 25 heavy (non-hydrogen) atoms. The molecule has 3 rings (SSSR count). The van der Waals surface area contributed by atoms with Gasteiger partial charge in [-0.05, 0) is 34.2 Å². The van der Waals surface area contributed by atoms with Crippen molar-refractivity contribution in [3.05, 3.63) is 77.3 Å². The summed E-state index contributed by atoms with van der Waals surface area (Å²) >= 11 is 6.13. The Morgan fingerprint density at radius 1 is 1.16 bits per heavy atom. The Bertz CT molecular complexity index is 831. The van der Waals surface area contributed by atoms with Crippen molar-refractivity contribution in [2.45, 2.75) is 19.7 Å². The molecule has 0 atom stereocenters. The van der Waals surface area contributed by atoms with E-state index in [-0.39, 0.29) is 0 Å². The monoisotopic (exact) mass is 355 g/mol. The normalized spacial score (nSPS) is 10.4. The molecule has 0 radical (unpaired) electrons. The Hall–Kier alpha value is -2.86. The summed E-state index contributed by atoms with van der Waals surface area (Å²) in [5.41, 5.74) is 2.06. The van der Waals surface area contributed by atoms with Crippen LogP contribution in [0.4, 0.5) is 5.95 Å². The minimum atomic E-state index is 0.438. The Kier molecular flexibility index (Phi) is 5.64. The zero-order valence-electron chi connectivity index (χ0n) is 13.6. The van der Waals surface area contributed by atoms with E-state index in [1.54, 1.807) is 10.8 Å². The van der Waals surface area contributed by atoms with Crippen LogP contribution in [0.15, 0.2) is 61.2 Å². The molecule has 0 bridgehead atoms. The molecule has 0 spiro atoms. The van der Waals surface area contributed by atoms with E-state index in [9.17, 15) is 0 Å². The topological polar surface area (TPSA) is 64.9 Å². The maximum Gasteiger partial charge on any atom is 0.243 e. The Morgan fingerprint density at radius 2 is 1.96 bits per heavy atom. The van der Waals surface area contributed by atoms with Crippen molar-refractivity contribution in [2.24, 2.45) is 0 Å². The summed E-state index contributed by atoms with van der Waals surface area (Å²) in [5, 5.41) is 15.4. The maximum absolute atomic E-state index is 6.13. The molecule has 6 nitrogen and oxygen atoms in total. The van der Waals surface area contributed by atoms with Crippen molar-refractivity contribution in [3.63, 3.8) is 0 Å². The molecule has 0 aliphatic heterocycles. The van der Waals surface area contributed by atoms with Gasteiger partial charge >= 0.3 is 0 Å². The zero-order chi connectivity index (χ0) is 17.5. The summed E-state index contributed by atoms with van der Waals surface area (Å²) < 4.78 is 7.42. The van der Waals surface area contributed by atoms with Crippen molar-refractivity contribution >= 4 is 17.5 Å². The van der Waals surface area contributed by atoms with Crippen LogP contribution < -0.4 is 10.1 Å². The number of aromatic nitrogens is 4. The van der Waals surface area contributed by atoms with Crippen LogP contribution in [0.3, 0.4) is 0 Å². The van der Waals surface area contributed by atoms with Gasteiger partial charge in [0.05, 0.1) is 6.54 Å². The number of nitrogens with zero attached hydrogens (tertiary/aromatic N) is 4. The van der Waals surface area contributed by atoms with E-state index < -0.39 is 0 Å². The molecule has 128 valence electrons. The standard InChI is InChI=1S/C18H18ClN5O/c1-2-11-24-18(21-22-23-24)20-12-14-7-9-16(10-8-14)25-13-15-5-3-4-6-17(15)19/h2-10H,1,11-13H2,(H,20,21,23). The first kappa shape index (κ1) is 17.0. The van der Waals surface area contributed by atoms with E-state index in [1.165, 1.54) is 0 Å². The third kappa shape index (κ3) is 4.58. The number of allylic oxidation sites excluding steroid dienone is 1. The fraction of sp³-hybridized carbons (Fsp3) is 0.167. The summed E-state index contributed by atoms with van der Waals surface area (Å²) in [4.78, 5) is 0. The van der Waals surface area contributed by atoms with Crippen LogP contribution in [-0.2, 0) is 19.7 Å². The third-order valence-corrected chi connectivity index (χ3v) is 3.93. The molecule has 0 aliphatic rings. The van der Waals surface area contributed by atoms with Crippen LogP contribution in [0.1, 0.15) is 11.1 Å². The highest BCUT2D eigenvalue weighted by Gasteiger charge is 2.04. The number of benzene rings is 2. The van der Waals surface area contributed by atoms with E-state index in [0.717, 1.165) is 16.9 Å².